The van der Waals surface area contributed by atoms with Gasteiger partial charge in [0.05, 0.1) is 19.3 Å². The van der Waals surface area contributed by atoms with Crippen molar-refractivity contribution in [2.45, 2.75) is 46.1 Å². The number of allylic oxidation sites excluding steroid dienone is 1. The Morgan fingerprint density at radius 3 is 2.61 bits per heavy atom. The van der Waals surface area contributed by atoms with Gasteiger partial charge in [0.15, 0.2) is 0 Å². The maximum Gasteiger partial charge on any atom is 0.254 e. The number of Topliss-reactive ketones (excluding diaryl/α,β-unsaturated/α-hetero) is 1. The van der Waals surface area contributed by atoms with Crippen molar-refractivity contribution in [3.8, 4) is 0 Å². The second-order valence-electron chi connectivity index (χ2n) is 8.80. The Hall–Kier alpha value is -3.42. The van der Waals surface area contributed by atoms with Gasteiger partial charge >= 0.3 is 0 Å². The van der Waals surface area contributed by atoms with E-state index in [0.29, 0.717) is 57.4 Å². The third kappa shape index (κ3) is 4.99. The van der Waals surface area contributed by atoms with Gasteiger partial charge in [-0.15, -0.1) is 0 Å². The lowest BCUT2D eigenvalue weighted by molar-refractivity contribution is -0.134. The van der Waals surface area contributed by atoms with E-state index in [1.807, 2.05) is 50.1 Å². The van der Waals surface area contributed by atoms with Crippen LogP contribution in [0.5, 0.6) is 0 Å². The fourth-order valence-corrected chi connectivity index (χ4v) is 4.42. The summed E-state index contributed by atoms with van der Waals surface area (Å²) >= 11 is 0. The average molecular weight is 450 g/mol. The van der Waals surface area contributed by atoms with E-state index in [0.717, 1.165) is 28.2 Å². The summed E-state index contributed by atoms with van der Waals surface area (Å²) in [6, 6.07) is 5.73. The van der Waals surface area contributed by atoms with E-state index in [1.54, 1.807) is 15.8 Å². The molecule has 8 heteroatoms. The Bertz CT molecular complexity index is 1110. The highest BCUT2D eigenvalue weighted by atomic mass is 16.2. The van der Waals surface area contributed by atoms with E-state index in [2.05, 4.69) is 10.4 Å². The molecule has 1 saturated heterocycles. The van der Waals surface area contributed by atoms with Crippen LogP contribution in [0.3, 0.4) is 0 Å². The molecule has 174 valence electrons. The normalized spacial score (nSPS) is 17.5. The number of fused-ring (bicyclic) bond motifs is 1. The molecule has 1 aromatic heterocycles. The van der Waals surface area contributed by atoms with E-state index in [-0.39, 0.29) is 17.6 Å². The molecule has 1 N–H and O–H groups in total. The standard InChI is InChI=1S/C25H31N5O3/c1-4-21-16-30(15-20-14-26-28(3)24(20)27-21)25(33)19-6-5-18(17(2)13-19)7-8-23(32)29-11-9-22(31)10-12-29/h4-6,13-14,27H,7-12,15-16H2,1-3H3/b21-4+. The highest BCUT2D eigenvalue weighted by molar-refractivity contribution is 5.95. The smallest absolute Gasteiger partial charge is 0.254 e. The molecule has 0 atom stereocenters. The van der Waals surface area contributed by atoms with Crippen LogP contribution in [-0.4, -0.2) is 56.8 Å². The summed E-state index contributed by atoms with van der Waals surface area (Å²) in [4.78, 5) is 40.9. The van der Waals surface area contributed by atoms with E-state index >= 15 is 0 Å². The number of hydrogen-bond donors (Lipinski definition) is 1. The van der Waals surface area contributed by atoms with Gasteiger partial charge in [-0.05, 0) is 43.5 Å². The third-order valence-electron chi connectivity index (χ3n) is 6.52. The zero-order chi connectivity index (χ0) is 23.5. The molecule has 0 saturated carbocycles. The number of aryl methyl sites for hydroxylation is 3. The predicted octanol–water partition coefficient (Wildman–Crippen LogP) is 2.82. The molecule has 3 heterocycles. The van der Waals surface area contributed by atoms with E-state index in [4.69, 9.17) is 0 Å². The summed E-state index contributed by atoms with van der Waals surface area (Å²) in [5, 5.41) is 7.70. The number of nitrogens with zero attached hydrogens (tertiary/aromatic N) is 4. The molecule has 1 fully saturated rings. The lowest BCUT2D eigenvalue weighted by atomic mass is 9.99. The Morgan fingerprint density at radius 2 is 1.91 bits per heavy atom. The first-order valence-corrected chi connectivity index (χ1v) is 11.5. The van der Waals surface area contributed by atoms with Crippen molar-refractivity contribution >= 4 is 23.4 Å². The number of hydrogen-bond acceptors (Lipinski definition) is 5. The first-order valence-electron chi connectivity index (χ1n) is 11.5. The molecule has 4 rings (SSSR count). The highest BCUT2D eigenvalue weighted by Crippen LogP contribution is 2.25. The second-order valence-corrected chi connectivity index (χ2v) is 8.80. The topological polar surface area (TPSA) is 87.5 Å². The Balaban J connectivity index is 1.43. The monoisotopic (exact) mass is 449 g/mol. The van der Waals surface area contributed by atoms with Crippen molar-refractivity contribution in [1.82, 2.24) is 19.6 Å². The Morgan fingerprint density at radius 1 is 1.15 bits per heavy atom. The molecule has 1 aromatic carbocycles. The zero-order valence-corrected chi connectivity index (χ0v) is 19.6. The van der Waals surface area contributed by atoms with Crippen LogP contribution < -0.4 is 5.32 Å². The van der Waals surface area contributed by atoms with E-state index < -0.39 is 0 Å². The minimum Gasteiger partial charge on any atom is -0.342 e. The molecular weight excluding hydrogens is 418 g/mol. The molecular formula is C25H31N5O3. The van der Waals surface area contributed by atoms with Gasteiger partial charge in [0.25, 0.3) is 5.91 Å². The minimum atomic E-state index is -0.0310. The third-order valence-corrected chi connectivity index (χ3v) is 6.52. The summed E-state index contributed by atoms with van der Waals surface area (Å²) < 4.78 is 1.79. The van der Waals surface area contributed by atoms with Crippen LogP contribution in [0.25, 0.3) is 0 Å². The number of carbonyl (C=O) groups excluding carboxylic acids is 3. The first kappa shape index (κ1) is 22.8. The summed E-state index contributed by atoms with van der Waals surface area (Å²) in [6.07, 6.45) is 5.73. The number of amides is 2. The molecule has 2 amide bonds. The van der Waals surface area contributed by atoms with Crippen molar-refractivity contribution < 1.29 is 14.4 Å². The number of anilines is 1. The van der Waals surface area contributed by atoms with Gasteiger partial charge < -0.3 is 15.1 Å². The molecule has 2 aliphatic rings. The fourth-order valence-electron chi connectivity index (χ4n) is 4.42. The molecule has 0 aliphatic carbocycles. The molecule has 0 unspecified atom stereocenters. The molecule has 2 aromatic rings. The van der Waals surface area contributed by atoms with Gasteiger partial charge in [0.1, 0.15) is 11.6 Å². The Labute approximate surface area is 194 Å². The number of ketones is 1. The fraction of sp³-hybridized carbons (Fsp3) is 0.440. The minimum absolute atomic E-state index is 0.0310. The van der Waals surface area contributed by atoms with Crippen LogP contribution in [-0.2, 0) is 29.6 Å². The first-order chi connectivity index (χ1) is 15.9. The molecule has 8 nitrogen and oxygen atoms in total. The number of aromatic nitrogens is 2. The number of nitrogens with one attached hydrogen (secondary N) is 1. The number of rotatable bonds is 4. The SMILES string of the molecule is C/C=C1\CN(C(=O)c2ccc(CCC(=O)N3CCC(=O)CC3)c(C)c2)Cc2cnn(C)c2N1. The van der Waals surface area contributed by atoms with Crippen molar-refractivity contribution in [3.05, 3.63) is 58.4 Å². The zero-order valence-electron chi connectivity index (χ0n) is 19.6. The predicted molar refractivity (Wildman–Crippen MR) is 126 cm³/mol. The maximum atomic E-state index is 13.3. The van der Waals surface area contributed by atoms with E-state index in [9.17, 15) is 14.4 Å². The molecule has 0 spiro atoms. The second kappa shape index (κ2) is 9.60. The van der Waals surface area contributed by atoms with Crippen LogP contribution >= 0.6 is 0 Å². The van der Waals surface area contributed by atoms with Gasteiger partial charge in [-0.3, -0.25) is 19.1 Å². The highest BCUT2D eigenvalue weighted by Gasteiger charge is 2.25. The number of likely N-dealkylation sites (tertiary alicyclic amines) is 1. The number of carbonyl (C=O) groups is 3. The summed E-state index contributed by atoms with van der Waals surface area (Å²) in [7, 11) is 1.88. The van der Waals surface area contributed by atoms with Crippen LogP contribution in [0.15, 0.2) is 36.2 Å². The van der Waals surface area contributed by atoms with Crippen LogP contribution in [0, 0.1) is 6.92 Å². The van der Waals surface area contributed by atoms with Crippen LogP contribution in [0.4, 0.5) is 5.82 Å². The lowest BCUT2D eigenvalue weighted by Crippen LogP contribution is -2.38. The summed E-state index contributed by atoms with van der Waals surface area (Å²) in [5.41, 5.74) is 4.64. The van der Waals surface area contributed by atoms with Gasteiger partial charge in [-0.1, -0.05) is 12.1 Å². The maximum absolute atomic E-state index is 13.3. The van der Waals surface area contributed by atoms with Crippen molar-refractivity contribution in [2.24, 2.45) is 7.05 Å². The lowest BCUT2D eigenvalue weighted by Gasteiger charge is -2.26. The number of piperidine rings is 1. The van der Waals surface area contributed by atoms with Gasteiger partial charge in [0.2, 0.25) is 5.91 Å². The van der Waals surface area contributed by atoms with Gasteiger partial charge in [-0.2, -0.15) is 5.10 Å². The summed E-state index contributed by atoms with van der Waals surface area (Å²) in [6.45, 7) is 5.98. The van der Waals surface area contributed by atoms with Gasteiger partial charge in [-0.25, -0.2) is 0 Å². The van der Waals surface area contributed by atoms with Crippen molar-refractivity contribution in [1.29, 1.82) is 0 Å². The Kier molecular flexibility index (Phi) is 6.62. The van der Waals surface area contributed by atoms with Crippen LogP contribution in [0.2, 0.25) is 0 Å². The number of benzene rings is 1. The quantitative estimate of drug-likeness (QED) is 0.776. The van der Waals surface area contributed by atoms with Gasteiger partial charge in [0, 0.05) is 56.2 Å². The molecule has 0 radical (unpaired) electrons. The van der Waals surface area contributed by atoms with Crippen molar-refractivity contribution in [2.75, 3.05) is 25.0 Å². The molecule has 33 heavy (non-hydrogen) atoms. The summed E-state index contributed by atoms with van der Waals surface area (Å²) in [5.74, 6) is 1.20. The average Bonchev–Trinajstić information content (AvgIpc) is 3.04. The largest absolute Gasteiger partial charge is 0.342 e. The van der Waals surface area contributed by atoms with Crippen molar-refractivity contribution in [3.63, 3.8) is 0 Å². The molecule has 0 bridgehead atoms. The molecule has 2 aliphatic heterocycles. The van der Waals surface area contributed by atoms with E-state index in [1.165, 1.54) is 0 Å². The van der Waals surface area contributed by atoms with Crippen LogP contribution in [0.1, 0.15) is 53.2 Å².